The molecule has 0 fully saturated rings. The van der Waals surface area contributed by atoms with Gasteiger partial charge in [0.25, 0.3) is 0 Å². The topological polar surface area (TPSA) is 38.7 Å². The van der Waals surface area contributed by atoms with E-state index in [1.165, 1.54) is 18.2 Å². The molecule has 0 saturated carbocycles. The Morgan fingerprint density at radius 2 is 1.55 bits per heavy atom. The van der Waals surface area contributed by atoms with Crippen LogP contribution < -0.4 is 9.47 Å². The SMILES string of the molecule is OCc1ccc(Oc2cccc(OC(F)(F)F)c2)cc1. The number of ether oxygens (including phenoxy) is 2. The summed E-state index contributed by atoms with van der Waals surface area (Å²) in [5, 5.41) is 8.90. The summed E-state index contributed by atoms with van der Waals surface area (Å²) in [6.07, 6.45) is -4.73. The monoisotopic (exact) mass is 284 g/mol. The van der Waals surface area contributed by atoms with Gasteiger partial charge in [-0.05, 0) is 29.8 Å². The quantitative estimate of drug-likeness (QED) is 0.926. The van der Waals surface area contributed by atoms with Gasteiger partial charge in [0, 0.05) is 6.07 Å². The summed E-state index contributed by atoms with van der Waals surface area (Å²) in [5.74, 6) is 0.330. The highest BCUT2D eigenvalue weighted by molar-refractivity contribution is 5.37. The van der Waals surface area contributed by atoms with E-state index in [0.717, 1.165) is 6.07 Å². The van der Waals surface area contributed by atoms with Crippen LogP contribution >= 0.6 is 0 Å². The van der Waals surface area contributed by atoms with Crippen molar-refractivity contribution in [2.45, 2.75) is 13.0 Å². The average Bonchev–Trinajstić information content (AvgIpc) is 2.38. The van der Waals surface area contributed by atoms with Crippen LogP contribution in [0.2, 0.25) is 0 Å². The molecule has 0 radical (unpaired) electrons. The van der Waals surface area contributed by atoms with Crippen molar-refractivity contribution in [3.05, 3.63) is 54.1 Å². The van der Waals surface area contributed by atoms with Crippen molar-refractivity contribution in [1.82, 2.24) is 0 Å². The second kappa shape index (κ2) is 5.83. The van der Waals surface area contributed by atoms with Gasteiger partial charge in [0.1, 0.15) is 17.2 Å². The summed E-state index contributed by atoms with van der Waals surface area (Å²) in [5.41, 5.74) is 0.714. The Kier molecular flexibility index (Phi) is 4.14. The van der Waals surface area contributed by atoms with Gasteiger partial charge in [0.2, 0.25) is 0 Å². The molecular formula is C14H11F3O3. The summed E-state index contributed by atoms with van der Waals surface area (Å²) in [6.45, 7) is -0.0881. The Morgan fingerprint density at radius 1 is 0.900 bits per heavy atom. The van der Waals surface area contributed by atoms with E-state index in [-0.39, 0.29) is 18.1 Å². The maximum absolute atomic E-state index is 12.1. The molecule has 0 atom stereocenters. The summed E-state index contributed by atoms with van der Waals surface area (Å²) in [7, 11) is 0. The fraction of sp³-hybridized carbons (Fsp3) is 0.143. The molecule has 0 aromatic heterocycles. The normalized spacial score (nSPS) is 11.2. The fourth-order valence-corrected chi connectivity index (χ4v) is 1.53. The van der Waals surface area contributed by atoms with Gasteiger partial charge in [0.05, 0.1) is 6.61 Å². The van der Waals surface area contributed by atoms with E-state index in [9.17, 15) is 13.2 Å². The van der Waals surface area contributed by atoms with E-state index < -0.39 is 6.36 Å². The van der Waals surface area contributed by atoms with Crippen molar-refractivity contribution in [1.29, 1.82) is 0 Å². The minimum Gasteiger partial charge on any atom is -0.457 e. The van der Waals surface area contributed by atoms with Gasteiger partial charge in [0.15, 0.2) is 0 Å². The number of alkyl halides is 3. The van der Waals surface area contributed by atoms with Crippen LogP contribution in [0.15, 0.2) is 48.5 Å². The number of hydrogen-bond donors (Lipinski definition) is 1. The lowest BCUT2D eigenvalue weighted by atomic mass is 10.2. The van der Waals surface area contributed by atoms with Crippen molar-refractivity contribution in [2.75, 3.05) is 0 Å². The Hall–Kier alpha value is -2.21. The zero-order valence-corrected chi connectivity index (χ0v) is 10.2. The van der Waals surface area contributed by atoms with Gasteiger partial charge >= 0.3 is 6.36 Å². The Morgan fingerprint density at radius 3 is 2.15 bits per heavy atom. The molecule has 3 nitrogen and oxygen atoms in total. The molecular weight excluding hydrogens is 273 g/mol. The van der Waals surface area contributed by atoms with E-state index in [4.69, 9.17) is 9.84 Å². The molecule has 20 heavy (non-hydrogen) atoms. The molecule has 0 aliphatic heterocycles. The molecule has 0 spiro atoms. The lowest BCUT2D eigenvalue weighted by Crippen LogP contribution is -2.16. The standard InChI is InChI=1S/C14H11F3O3/c15-14(16,17)20-13-3-1-2-12(8-13)19-11-6-4-10(9-18)5-7-11/h1-8,18H,9H2. The molecule has 0 unspecified atom stereocenters. The largest absolute Gasteiger partial charge is 0.573 e. The van der Waals surface area contributed by atoms with Gasteiger partial charge in [-0.3, -0.25) is 0 Å². The number of halogens is 3. The summed E-state index contributed by atoms with van der Waals surface area (Å²) >= 11 is 0. The van der Waals surface area contributed by atoms with E-state index >= 15 is 0 Å². The van der Waals surface area contributed by atoms with E-state index in [1.54, 1.807) is 24.3 Å². The molecule has 2 rings (SSSR count). The third-order valence-corrected chi connectivity index (χ3v) is 2.38. The first-order valence-corrected chi connectivity index (χ1v) is 5.70. The zero-order valence-electron chi connectivity index (χ0n) is 10.2. The summed E-state index contributed by atoms with van der Waals surface area (Å²) in [6, 6.07) is 11.8. The molecule has 0 bridgehead atoms. The summed E-state index contributed by atoms with van der Waals surface area (Å²) < 4.78 is 45.5. The molecule has 1 N–H and O–H groups in total. The maximum atomic E-state index is 12.1. The van der Waals surface area contributed by atoms with E-state index in [0.29, 0.717) is 11.3 Å². The minimum atomic E-state index is -4.73. The number of aliphatic hydroxyl groups excluding tert-OH is 1. The van der Waals surface area contributed by atoms with Crippen molar-refractivity contribution < 1.29 is 27.8 Å². The third kappa shape index (κ3) is 4.17. The van der Waals surface area contributed by atoms with Crippen molar-refractivity contribution in [3.63, 3.8) is 0 Å². The molecule has 0 amide bonds. The van der Waals surface area contributed by atoms with Crippen LogP contribution in [0.1, 0.15) is 5.56 Å². The second-order valence-corrected chi connectivity index (χ2v) is 3.93. The van der Waals surface area contributed by atoms with Crippen LogP contribution in [-0.2, 0) is 6.61 Å². The second-order valence-electron chi connectivity index (χ2n) is 3.93. The predicted molar refractivity (Wildman–Crippen MR) is 65.6 cm³/mol. The van der Waals surface area contributed by atoms with Crippen LogP contribution in [0.5, 0.6) is 17.2 Å². The summed E-state index contributed by atoms with van der Waals surface area (Å²) in [4.78, 5) is 0. The molecule has 2 aromatic rings. The van der Waals surface area contributed by atoms with Crippen LogP contribution in [0.3, 0.4) is 0 Å². The molecule has 0 saturated heterocycles. The van der Waals surface area contributed by atoms with Gasteiger partial charge in [-0.25, -0.2) is 0 Å². The highest BCUT2D eigenvalue weighted by Crippen LogP contribution is 2.28. The van der Waals surface area contributed by atoms with Gasteiger partial charge in [-0.1, -0.05) is 18.2 Å². The highest BCUT2D eigenvalue weighted by atomic mass is 19.4. The lowest BCUT2D eigenvalue weighted by Gasteiger charge is -2.11. The molecule has 0 heterocycles. The minimum absolute atomic E-state index is 0.0881. The van der Waals surface area contributed by atoms with Gasteiger partial charge < -0.3 is 14.6 Å². The number of hydrogen-bond acceptors (Lipinski definition) is 3. The van der Waals surface area contributed by atoms with Crippen LogP contribution in [0.25, 0.3) is 0 Å². The first-order valence-electron chi connectivity index (χ1n) is 5.70. The Balaban J connectivity index is 2.10. The highest BCUT2D eigenvalue weighted by Gasteiger charge is 2.31. The van der Waals surface area contributed by atoms with Crippen molar-refractivity contribution >= 4 is 0 Å². The average molecular weight is 284 g/mol. The molecule has 106 valence electrons. The van der Waals surface area contributed by atoms with Crippen LogP contribution in [0.4, 0.5) is 13.2 Å². The Labute approximate surface area is 113 Å². The van der Waals surface area contributed by atoms with Crippen molar-refractivity contribution in [2.24, 2.45) is 0 Å². The third-order valence-electron chi connectivity index (χ3n) is 2.38. The molecule has 6 heteroatoms. The number of rotatable bonds is 4. The smallest absolute Gasteiger partial charge is 0.457 e. The lowest BCUT2D eigenvalue weighted by molar-refractivity contribution is -0.274. The first-order chi connectivity index (χ1) is 9.46. The number of aliphatic hydroxyl groups is 1. The maximum Gasteiger partial charge on any atom is 0.573 e. The van der Waals surface area contributed by atoms with Gasteiger partial charge in [-0.15, -0.1) is 13.2 Å². The van der Waals surface area contributed by atoms with Gasteiger partial charge in [-0.2, -0.15) is 0 Å². The van der Waals surface area contributed by atoms with Crippen LogP contribution in [-0.4, -0.2) is 11.5 Å². The van der Waals surface area contributed by atoms with E-state index in [2.05, 4.69) is 4.74 Å². The zero-order chi connectivity index (χ0) is 14.6. The molecule has 2 aromatic carbocycles. The molecule has 0 aliphatic carbocycles. The van der Waals surface area contributed by atoms with Crippen molar-refractivity contribution in [3.8, 4) is 17.2 Å². The first kappa shape index (κ1) is 14.2. The Bertz CT molecular complexity index is 565. The predicted octanol–water partition coefficient (Wildman–Crippen LogP) is 3.87. The number of benzene rings is 2. The van der Waals surface area contributed by atoms with E-state index in [1.807, 2.05) is 0 Å². The fourth-order valence-electron chi connectivity index (χ4n) is 1.53. The molecule has 0 aliphatic rings. The van der Waals surface area contributed by atoms with Crippen LogP contribution in [0, 0.1) is 0 Å².